The normalized spacial score (nSPS) is 15.9. The Kier molecular flexibility index (Phi) is 6.96. The highest BCUT2D eigenvalue weighted by Gasteiger charge is 2.24. The quantitative estimate of drug-likeness (QED) is 0.303. The first-order valence-electron chi connectivity index (χ1n) is 13.5. The number of carbonyl (C=O) groups excluding carboxylic acids is 1. The van der Waals surface area contributed by atoms with Crippen LogP contribution in [0.3, 0.4) is 0 Å². The van der Waals surface area contributed by atoms with Gasteiger partial charge in [0.15, 0.2) is 5.65 Å². The lowest BCUT2D eigenvalue weighted by Crippen LogP contribution is -2.26. The van der Waals surface area contributed by atoms with Gasteiger partial charge in [-0.05, 0) is 74.3 Å². The minimum absolute atomic E-state index is 0.0101. The highest BCUT2D eigenvalue weighted by Crippen LogP contribution is 2.31. The van der Waals surface area contributed by atoms with Crippen molar-refractivity contribution in [2.45, 2.75) is 45.1 Å². The van der Waals surface area contributed by atoms with Gasteiger partial charge in [0.2, 0.25) is 5.88 Å². The Balaban J connectivity index is 1.30. The molecule has 1 amide bonds. The standard InChI is InChI=1S/C30H33N5O3/c1-20-17-22(7-10-25(20)30(36)33-23-8-9-23)26-19-32-35-27(31-14-11-21-12-15-37-16-13-21)18-28(34-29(26)35)38-24-5-3-2-4-6-24/h2-7,10,17-19,21,23,31H,8-9,11-16H2,1H3,(H,33,36). The lowest BCUT2D eigenvalue weighted by Gasteiger charge is -2.22. The highest BCUT2D eigenvalue weighted by molar-refractivity contribution is 5.97. The van der Waals surface area contributed by atoms with Crippen LogP contribution >= 0.6 is 0 Å². The van der Waals surface area contributed by atoms with E-state index in [1.807, 2.05) is 72.2 Å². The average molecular weight is 512 g/mol. The second-order valence-corrected chi connectivity index (χ2v) is 10.2. The Morgan fingerprint density at radius 2 is 1.89 bits per heavy atom. The predicted molar refractivity (Wildman–Crippen MR) is 147 cm³/mol. The summed E-state index contributed by atoms with van der Waals surface area (Å²) in [5, 5.41) is 11.3. The monoisotopic (exact) mass is 511 g/mol. The largest absolute Gasteiger partial charge is 0.439 e. The van der Waals surface area contributed by atoms with Crippen molar-refractivity contribution in [3.63, 3.8) is 0 Å². The highest BCUT2D eigenvalue weighted by atomic mass is 16.5. The molecule has 38 heavy (non-hydrogen) atoms. The number of nitrogens with zero attached hydrogens (tertiary/aromatic N) is 3. The summed E-state index contributed by atoms with van der Waals surface area (Å²) in [4.78, 5) is 17.5. The molecule has 0 unspecified atom stereocenters. The molecule has 4 aromatic rings. The second kappa shape index (κ2) is 10.8. The van der Waals surface area contributed by atoms with Gasteiger partial charge >= 0.3 is 0 Å². The van der Waals surface area contributed by atoms with Gasteiger partial charge in [0.1, 0.15) is 11.6 Å². The maximum absolute atomic E-state index is 12.6. The van der Waals surface area contributed by atoms with E-state index in [0.717, 1.165) is 80.1 Å². The molecule has 0 bridgehead atoms. The smallest absolute Gasteiger partial charge is 0.251 e. The van der Waals surface area contributed by atoms with Crippen LogP contribution in [-0.2, 0) is 4.74 Å². The Bertz CT molecular complexity index is 1420. The van der Waals surface area contributed by atoms with Gasteiger partial charge in [0.25, 0.3) is 5.91 Å². The van der Waals surface area contributed by atoms with Crippen LogP contribution in [0.15, 0.2) is 60.8 Å². The molecule has 8 heteroatoms. The van der Waals surface area contributed by atoms with Gasteiger partial charge in [-0.2, -0.15) is 14.6 Å². The van der Waals surface area contributed by atoms with Crippen molar-refractivity contribution in [1.82, 2.24) is 19.9 Å². The fraction of sp³-hybridized carbons (Fsp3) is 0.367. The van der Waals surface area contributed by atoms with Crippen molar-refractivity contribution in [1.29, 1.82) is 0 Å². The number of benzene rings is 2. The summed E-state index contributed by atoms with van der Waals surface area (Å²) in [7, 11) is 0. The number of hydrogen-bond donors (Lipinski definition) is 2. The van der Waals surface area contributed by atoms with E-state index in [1.165, 1.54) is 0 Å². The third-order valence-corrected chi connectivity index (χ3v) is 7.31. The minimum Gasteiger partial charge on any atom is -0.439 e. The van der Waals surface area contributed by atoms with E-state index in [9.17, 15) is 4.79 Å². The molecular formula is C30H33N5O3. The number of rotatable bonds is 9. The molecule has 3 heterocycles. The number of hydrogen-bond acceptors (Lipinski definition) is 6. The van der Waals surface area contributed by atoms with Crippen molar-refractivity contribution in [3.8, 4) is 22.8 Å². The van der Waals surface area contributed by atoms with E-state index < -0.39 is 0 Å². The fourth-order valence-corrected chi connectivity index (χ4v) is 4.95. The Hall–Kier alpha value is -3.91. The van der Waals surface area contributed by atoms with Gasteiger partial charge in [-0.3, -0.25) is 4.79 Å². The molecule has 196 valence electrons. The summed E-state index contributed by atoms with van der Waals surface area (Å²) in [6.07, 6.45) is 7.24. The number of para-hydroxylation sites is 1. The van der Waals surface area contributed by atoms with E-state index in [4.69, 9.17) is 14.5 Å². The second-order valence-electron chi connectivity index (χ2n) is 10.2. The van der Waals surface area contributed by atoms with Crippen molar-refractivity contribution in [3.05, 3.63) is 71.9 Å². The number of aryl methyl sites for hydroxylation is 1. The molecule has 1 saturated carbocycles. The Morgan fingerprint density at radius 1 is 1.08 bits per heavy atom. The maximum atomic E-state index is 12.6. The molecule has 6 rings (SSSR count). The molecule has 2 aromatic heterocycles. The minimum atomic E-state index is -0.0101. The van der Waals surface area contributed by atoms with Crippen molar-refractivity contribution in [2.24, 2.45) is 5.92 Å². The first kappa shape index (κ1) is 24.4. The van der Waals surface area contributed by atoms with Gasteiger partial charge in [-0.25, -0.2) is 0 Å². The van der Waals surface area contributed by atoms with Crippen LogP contribution in [0.2, 0.25) is 0 Å². The molecule has 2 N–H and O–H groups in total. The molecule has 1 saturated heterocycles. The zero-order valence-corrected chi connectivity index (χ0v) is 21.7. The summed E-state index contributed by atoms with van der Waals surface area (Å²) in [6.45, 7) is 4.50. The molecule has 2 fully saturated rings. The van der Waals surface area contributed by atoms with Crippen LogP contribution in [0.5, 0.6) is 11.6 Å². The fourth-order valence-electron chi connectivity index (χ4n) is 4.95. The van der Waals surface area contributed by atoms with E-state index >= 15 is 0 Å². The maximum Gasteiger partial charge on any atom is 0.251 e. The van der Waals surface area contributed by atoms with Gasteiger partial charge in [0.05, 0.1) is 6.20 Å². The van der Waals surface area contributed by atoms with E-state index in [-0.39, 0.29) is 5.91 Å². The number of nitrogens with one attached hydrogen (secondary N) is 2. The van der Waals surface area contributed by atoms with Gasteiger partial charge < -0.3 is 20.1 Å². The van der Waals surface area contributed by atoms with Crippen LogP contribution in [-0.4, -0.2) is 46.3 Å². The molecule has 2 aromatic carbocycles. The van der Waals surface area contributed by atoms with Crippen molar-refractivity contribution in [2.75, 3.05) is 25.1 Å². The van der Waals surface area contributed by atoms with Crippen LogP contribution in [0.4, 0.5) is 5.82 Å². The molecule has 1 aliphatic heterocycles. The molecule has 0 spiro atoms. The number of ether oxygens (including phenoxy) is 2. The lowest BCUT2D eigenvalue weighted by atomic mass is 9.97. The molecule has 8 nitrogen and oxygen atoms in total. The Morgan fingerprint density at radius 3 is 2.66 bits per heavy atom. The molecule has 0 atom stereocenters. The third kappa shape index (κ3) is 5.50. The van der Waals surface area contributed by atoms with Crippen LogP contribution in [0.25, 0.3) is 16.8 Å². The number of anilines is 1. The number of fused-ring (bicyclic) bond motifs is 1. The lowest BCUT2D eigenvalue weighted by molar-refractivity contribution is 0.0649. The van der Waals surface area contributed by atoms with E-state index in [2.05, 4.69) is 15.7 Å². The number of aromatic nitrogens is 3. The first-order valence-corrected chi connectivity index (χ1v) is 13.5. The average Bonchev–Trinajstić information content (AvgIpc) is 3.64. The van der Waals surface area contributed by atoms with E-state index in [1.54, 1.807) is 0 Å². The van der Waals surface area contributed by atoms with Crippen LogP contribution in [0, 0.1) is 12.8 Å². The topological polar surface area (TPSA) is 89.8 Å². The molecule has 1 aliphatic carbocycles. The molecular weight excluding hydrogens is 478 g/mol. The summed E-state index contributed by atoms with van der Waals surface area (Å²) in [6, 6.07) is 17.8. The Labute approximate surface area is 222 Å². The molecule has 0 radical (unpaired) electrons. The predicted octanol–water partition coefficient (Wildman–Crippen LogP) is 5.62. The van der Waals surface area contributed by atoms with Gasteiger partial charge in [-0.15, -0.1) is 0 Å². The van der Waals surface area contributed by atoms with E-state index in [0.29, 0.717) is 29.1 Å². The third-order valence-electron chi connectivity index (χ3n) is 7.31. The van der Waals surface area contributed by atoms with Crippen molar-refractivity contribution >= 4 is 17.4 Å². The summed E-state index contributed by atoms with van der Waals surface area (Å²) >= 11 is 0. The zero-order chi connectivity index (χ0) is 25.9. The summed E-state index contributed by atoms with van der Waals surface area (Å²) in [5.41, 5.74) is 4.16. The van der Waals surface area contributed by atoms with Crippen LogP contribution in [0.1, 0.15) is 48.0 Å². The first-order chi connectivity index (χ1) is 18.6. The van der Waals surface area contributed by atoms with Crippen LogP contribution < -0.4 is 15.4 Å². The summed E-state index contributed by atoms with van der Waals surface area (Å²) < 4.78 is 13.5. The van der Waals surface area contributed by atoms with Gasteiger partial charge in [-0.1, -0.05) is 30.3 Å². The van der Waals surface area contributed by atoms with Gasteiger partial charge in [0, 0.05) is 43.0 Å². The summed E-state index contributed by atoms with van der Waals surface area (Å²) in [5.74, 6) is 2.71. The zero-order valence-electron chi connectivity index (χ0n) is 21.7. The van der Waals surface area contributed by atoms with Crippen molar-refractivity contribution < 1.29 is 14.3 Å². The number of amides is 1. The SMILES string of the molecule is Cc1cc(-c2cnn3c(NCCC4CCOCC4)cc(Oc4ccccc4)nc23)ccc1C(=O)NC1CC1. The number of carbonyl (C=O) groups is 1. The molecule has 2 aliphatic rings.